The number of rotatable bonds is 11. The maximum Gasteiger partial charge on any atom is 0.248 e. The average molecular weight is 610 g/mol. The normalized spacial score (nSPS) is 20.7. The number of piperazine rings is 1. The Morgan fingerprint density at radius 1 is 1.20 bits per heavy atom. The second kappa shape index (κ2) is 14.0. The second-order valence-corrected chi connectivity index (χ2v) is 12.1. The molecule has 1 aromatic carbocycles. The Bertz CT molecular complexity index is 1430. The van der Waals surface area contributed by atoms with Crippen molar-refractivity contribution in [1.82, 2.24) is 45.2 Å². The van der Waals surface area contributed by atoms with E-state index < -0.39 is 30.0 Å². The number of carbonyl (C=O) groups excluding carboxylic acids is 2. The lowest BCUT2D eigenvalue weighted by molar-refractivity contribution is -0.142. The molecule has 3 N–H and O–H groups in total. The molecule has 3 aromatic rings. The van der Waals surface area contributed by atoms with E-state index >= 15 is 4.39 Å². The molecule has 0 unspecified atom stereocenters. The summed E-state index contributed by atoms with van der Waals surface area (Å²) in [6.45, 7) is 12.5. The van der Waals surface area contributed by atoms with E-state index in [9.17, 15) is 14.7 Å². The van der Waals surface area contributed by atoms with Gasteiger partial charge >= 0.3 is 0 Å². The number of carbonyl (C=O) groups is 2. The van der Waals surface area contributed by atoms with Crippen molar-refractivity contribution >= 4 is 11.8 Å². The first-order chi connectivity index (χ1) is 21.2. The van der Waals surface area contributed by atoms with Crippen LogP contribution in [0.5, 0.6) is 0 Å². The van der Waals surface area contributed by atoms with Crippen LogP contribution in [0.25, 0.3) is 11.3 Å². The molecule has 5 rings (SSSR count). The summed E-state index contributed by atoms with van der Waals surface area (Å²) in [6, 6.07) is 4.83. The summed E-state index contributed by atoms with van der Waals surface area (Å²) in [5.41, 5.74) is 2.46. The number of halogens is 1. The molecule has 4 heterocycles. The van der Waals surface area contributed by atoms with E-state index in [1.54, 1.807) is 36.1 Å². The number of benzene rings is 1. The monoisotopic (exact) mass is 609 g/mol. The molecule has 2 aliphatic rings. The molecule has 0 spiro atoms. The van der Waals surface area contributed by atoms with E-state index in [1.807, 2.05) is 26.8 Å². The van der Waals surface area contributed by atoms with Crippen LogP contribution >= 0.6 is 0 Å². The summed E-state index contributed by atoms with van der Waals surface area (Å²) in [4.78, 5) is 31.6. The molecule has 2 saturated heterocycles. The van der Waals surface area contributed by atoms with Crippen LogP contribution < -0.4 is 10.6 Å². The number of nitrogens with one attached hydrogen (secondary N) is 2. The van der Waals surface area contributed by atoms with Gasteiger partial charge < -0.3 is 25.5 Å². The fourth-order valence-electron chi connectivity index (χ4n) is 6.29. The summed E-state index contributed by atoms with van der Waals surface area (Å²) in [6.07, 6.45) is 3.21. The van der Waals surface area contributed by atoms with E-state index in [2.05, 4.69) is 30.9 Å². The van der Waals surface area contributed by atoms with Gasteiger partial charge in [0.25, 0.3) is 0 Å². The standard InChI is InChI=1S/C31H44FN9O3/c1-5-40-27(8-10-34-40)24-7-6-22(16-25(24)32)26(9-13-38-14-11-33-12-15-38)35-30(43)28-17-23(42)19-39(28)31(44)29(20(2)3)41-18-21(4)36-37-41/h6-8,10,16,18,20,23,26,28-29,33,42H,5,9,11-15,17,19H2,1-4H3,(H,35,43)/t23-,26+,28+,29+/m1/s1. The van der Waals surface area contributed by atoms with Crippen LogP contribution in [0, 0.1) is 18.7 Å². The largest absolute Gasteiger partial charge is 0.391 e. The Morgan fingerprint density at radius 2 is 1.98 bits per heavy atom. The maximum atomic E-state index is 15.6. The Balaban J connectivity index is 1.38. The van der Waals surface area contributed by atoms with Gasteiger partial charge in [0.2, 0.25) is 11.8 Å². The van der Waals surface area contributed by atoms with Crippen molar-refractivity contribution < 1.29 is 19.1 Å². The Labute approximate surface area is 257 Å². The van der Waals surface area contributed by atoms with Crippen LogP contribution in [-0.4, -0.2) is 103 Å². The molecule has 238 valence electrons. The molecule has 12 nitrogen and oxygen atoms in total. The third-order valence-corrected chi connectivity index (χ3v) is 8.61. The number of nitrogens with zero attached hydrogens (tertiary/aromatic N) is 7. The lowest BCUT2D eigenvalue weighted by Crippen LogP contribution is -2.50. The number of amides is 2. The second-order valence-electron chi connectivity index (χ2n) is 12.1. The van der Waals surface area contributed by atoms with Gasteiger partial charge in [-0.15, -0.1) is 5.10 Å². The Morgan fingerprint density at radius 3 is 2.64 bits per heavy atom. The number of aliphatic hydroxyl groups excluding tert-OH is 1. The summed E-state index contributed by atoms with van der Waals surface area (Å²) in [5.74, 6) is -1.18. The number of likely N-dealkylation sites (tertiary alicyclic amines) is 1. The van der Waals surface area contributed by atoms with E-state index in [-0.39, 0.29) is 30.7 Å². The molecule has 4 atom stereocenters. The number of aryl methyl sites for hydroxylation is 2. The summed E-state index contributed by atoms with van der Waals surface area (Å²) in [7, 11) is 0. The zero-order valence-corrected chi connectivity index (χ0v) is 26.0. The van der Waals surface area contributed by atoms with Crippen molar-refractivity contribution in [2.24, 2.45) is 5.92 Å². The fourth-order valence-corrected chi connectivity index (χ4v) is 6.29. The predicted molar refractivity (Wildman–Crippen MR) is 163 cm³/mol. The van der Waals surface area contributed by atoms with Gasteiger partial charge in [-0.3, -0.25) is 14.3 Å². The van der Waals surface area contributed by atoms with E-state index in [0.29, 0.717) is 35.5 Å². The Hall–Kier alpha value is -3.68. The highest BCUT2D eigenvalue weighted by Crippen LogP contribution is 2.30. The predicted octanol–water partition coefficient (Wildman–Crippen LogP) is 1.92. The minimum absolute atomic E-state index is 0.0493. The minimum atomic E-state index is -0.868. The minimum Gasteiger partial charge on any atom is -0.391 e. The first kappa shape index (κ1) is 31.7. The van der Waals surface area contributed by atoms with Crippen LogP contribution in [0.4, 0.5) is 4.39 Å². The zero-order valence-electron chi connectivity index (χ0n) is 26.0. The number of β-amino-alcohol motifs (C(OH)–C–C–N with tert-alkyl or cyclic N) is 1. The lowest BCUT2D eigenvalue weighted by Gasteiger charge is -2.32. The SMILES string of the molecule is CCn1nccc1-c1ccc([C@H](CCN2CCNCC2)NC(=O)[C@@H]2C[C@@H](O)CN2C(=O)[C@H](C(C)C)n2cc(C)nn2)cc1F. The zero-order chi connectivity index (χ0) is 31.4. The number of hydrogen-bond donors (Lipinski definition) is 3. The highest BCUT2D eigenvalue weighted by molar-refractivity contribution is 5.90. The topological polar surface area (TPSA) is 133 Å². The molecular weight excluding hydrogens is 565 g/mol. The van der Waals surface area contributed by atoms with Gasteiger partial charge in [-0.1, -0.05) is 25.1 Å². The van der Waals surface area contributed by atoms with Crippen LogP contribution in [0.15, 0.2) is 36.7 Å². The van der Waals surface area contributed by atoms with Gasteiger partial charge in [0.15, 0.2) is 0 Å². The summed E-state index contributed by atoms with van der Waals surface area (Å²) >= 11 is 0. The molecule has 0 bridgehead atoms. The molecule has 2 amide bonds. The first-order valence-corrected chi connectivity index (χ1v) is 15.6. The summed E-state index contributed by atoms with van der Waals surface area (Å²) in [5, 5.41) is 29.5. The lowest BCUT2D eigenvalue weighted by atomic mass is 9.99. The average Bonchev–Trinajstić information content (AvgIpc) is 3.75. The van der Waals surface area contributed by atoms with Crippen molar-refractivity contribution in [3.63, 3.8) is 0 Å². The molecule has 44 heavy (non-hydrogen) atoms. The van der Waals surface area contributed by atoms with Crippen LogP contribution in [0.1, 0.15) is 57.0 Å². The van der Waals surface area contributed by atoms with E-state index in [4.69, 9.17) is 0 Å². The van der Waals surface area contributed by atoms with Crippen LogP contribution in [0.3, 0.4) is 0 Å². The van der Waals surface area contributed by atoms with Gasteiger partial charge in [0, 0.05) is 70.2 Å². The number of aromatic nitrogens is 5. The van der Waals surface area contributed by atoms with Crippen LogP contribution in [0.2, 0.25) is 0 Å². The van der Waals surface area contributed by atoms with Gasteiger partial charge in [-0.2, -0.15) is 5.10 Å². The van der Waals surface area contributed by atoms with Crippen molar-refractivity contribution in [1.29, 1.82) is 0 Å². The third-order valence-electron chi connectivity index (χ3n) is 8.61. The smallest absolute Gasteiger partial charge is 0.248 e. The van der Waals surface area contributed by atoms with Gasteiger partial charge in [0.05, 0.1) is 23.5 Å². The number of hydrogen-bond acceptors (Lipinski definition) is 8. The molecule has 2 aromatic heterocycles. The third kappa shape index (κ3) is 7.00. The molecule has 2 fully saturated rings. The Kier molecular flexibility index (Phi) is 10.1. The van der Waals surface area contributed by atoms with Crippen LogP contribution in [-0.2, 0) is 16.1 Å². The van der Waals surface area contributed by atoms with Gasteiger partial charge in [0.1, 0.15) is 17.9 Å². The van der Waals surface area contributed by atoms with Crippen molar-refractivity contribution in [2.75, 3.05) is 39.3 Å². The van der Waals surface area contributed by atoms with Crippen molar-refractivity contribution in [3.8, 4) is 11.3 Å². The summed E-state index contributed by atoms with van der Waals surface area (Å²) < 4.78 is 18.9. The maximum absolute atomic E-state index is 15.6. The quantitative estimate of drug-likeness (QED) is 0.300. The first-order valence-electron chi connectivity index (χ1n) is 15.6. The van der Waals surface area contributed by atoms with E-state index in [1.165, 1.54) is 15.6 Å². The van der Waals surface area contributed by atoms with Crippen molar-refractivity contribution in [3.05, 3.63) is 53.7 Å². The van der Waals surface area contributed by atoms with Gasteiger partial charge in [-0.05, 0) is 49.9 Å². The highest BCUT2D eigenvalue weighted by atomic mass is 19.1. The van der Waals surface area contributed by atoms with E-state index in [0.717, 1.165) is 32.7 Å². The molecule has 13 heteroatoms. The molecular formula is C31H44FN9O3. The van der Waals surface area contributed by atoms with Crippen molar-refractivity contribution in [2.45, 2.75) is 71.3 Å². The fraction of sp³-hybridized carbons (Fsp3) is 0.581. The van der Waals surface area contributed by atoms with Gasteiger partial charge in [-0.25, -0.2) is 9.07 Å². The molecule has 2 aliphatic heterocycles. The molecule has 0 saturated carbocycles. The number of aliphatic hydroxyl groups is 1. The highest BCUT2D eigenvalue weighted by Gasteiger charge is 2.43. The molecule has 0 aliphatic carbocycles. The molecule has 0 radical (unpaired) electrons.